The predicted molar refractivity (Wildman–Crippen MR) is 162 cm³/mol. The molecule has 3 aromatic rings. The third-order valence-electron chi connectivity index (χ3n) is 9.98. The molecule has 2 fully saturated rings. The van der Waals surface area contributed by atoms with Crippen LogP contribution in [0.25, 0.3) is 0 Å². The largest absolute Gasteiger partial charge is 0.489 e. The highest BCUT2D eigenvalue weighted by molar-refractivity contribution is 7.92. The first-order valence-corrected chi connectivity index (χ1v) is 18.4. The van der Waals surface area contributed by atoms with E-state index < -0.39 is 71.4 Å². The minimum Gasteiger partial charge on any atom is -0.489 e. The van der Waals surface area contributed by atoms with Crippen molar-refractivity contribution in [2.24, 2.45) is 5.41 Å². The van der Waals surface area contributed by atoms with E-state index in [0.29, 0.717) is 17.5 Å². The number of carbonyl (C=O) groups is 1. The smallest absolute Gasteiger partial charge is 0.416 e. The number of fused-ring (bicyclic) bond motifs is 3. The summed E-state index contributed by atoms with van der Waals surface area (Å²) in [6, 6.07) is 10.7. The Bertz CT molecular complexity index is 1930. The molecule has 252 valence electrons. The molecule has 47 heavy (non-hydrogen) atoms. The molecule has 0 saturated carbocycles. The molecule has 2 aliphatic heterocycles. The molecule has 0 bridgehead atoms. The lowest BCUT2D eigenvalue weighted by atomic mass is 9.77. The van der Waals surface area contributed by atoms with E-state index in [2.05, 4.69) is 0 Å². The molecule has 3 aliphatic rings. The molecule has 14 heteroatoms. The topological polar surface area (TPSA) is 97.8 Å². The average molecular weight is 698 g/mol. The molecule has 0 radical (unpaired) electrons. The summed E-state index contributed by atoms with van der Waals surface area (Å²) in [4.78, 5) is 15.5. The SMILES string of the molecule is CC1(C(=O)N2CC[C@@]3(S(=O)(=O)c4ccc(F)cc4)c4ccc(OCc5c(F)cccc5C(F)(F)F)cc4CC[C@@H]23)CCS(=O)(=O)CC1. The van der Waals surface area contributed by atoms with Crippen molar-refractivity contribution < 1.29 is 48.3 Å². The van der Waals surface area contributed by atoms with Crippen LogP contribution in [-0.2, 0) is 48.4 Å². The van der Waals surface area contributed by atoms with Gasteiger partial charge in [-0.25, -0.2) is 25.6 Å². The molecule has 0 unspecified atom stereocenters. The normalized spacial score (nSPS) is 23.5. The molecule has 0 aromatic heterocycles. The molecule has 2 atom stereocenters. The highest BCUT2D eigenvalue weighted by Gasteiger charge is 2.62. The summed E-state index contributed by atoms with van der Waals surface area (Å²) in [6.45, 7) is 1.06. The van der Waals surface area contributed by atoms with E-state index in [-0.39, 0.29) is 60.3 Å². The van der Waals surface area contributed by atoms with Gasteiger partial charge >= 0.3 is 6.18 Å². The van der Waals surface area contributed by atoms with Crippen LogP contribution in [0, 0.1) is 17.0 Å². The average Bonchev–Trinajstić information content (AvgIpc) is 3.43. The fraction of sp³-hybridized carbons (Fsp3) is 0.424. The second kappa shape index (κ2) is 11.6. The molecule has 0 spiro atoms. The number of nitrogens with zero attached hydrogens (tertiary/aromatic N) is 1. The van der Waals surface area contributed by atoms with Crippen molar-refractivity contribution in [1.29, 1.82) is 0 Å². The number of aryl methyl sites for hydroxylation is 1. The van der Waals surface area contributed by atoms with E-state index in [9.17, 15) is 43.6 Å². The number of amides is 1. The van der Waals surface area contributed by atoms with Crippen molar-refractivity contribution in [2.75, 3.05) is 18.1 Å². The van der Waals surface area contributed by atoms with Crippen molar-refractivity contribution >= 4 is 25.6 Å². The first-order chi connectivity index (χ1) is 22.0. The van der Waals surface area contributed by atoms with E-state index in [1.165, 1.54) is 30.3 Å². The van der Waals surface area contributed by atoms with Gasteiger partial charge in [-0.15, -0.1) is 0 Å². The monoisotopic (exact) mass is 697 g/mol. The van der Waals surface area contributed by atoms with Gasteiger partial charge in [0.2, 0.25) is 5.91 Å². The molecule has 1 aliphatic carbocycles. The number of benzene rings is 3. The second-order valence-electron chi connectivity index (χ2n) is 12.7. The summed E-state index contributed by atoms with van der Waals surface area (Å²) in [6.07, 6.45) is -4.06. The molecule has 1 amide bonds. The van der Waals surface area contributed by atoms with E-state index in [1.807, 2.05) is 0 Å². The van der Waals surface area contributed by atoms with Crippen LogP contribution in [0.5, 0.6) is 5.75 Å². The fourth-order valence-electron chi connectivity index (χ4n) is 7.34. The maximum Gasteiger partial charge on any atom is 0.416 e. The first-order valence-electron chi connectivity index (χ1n) is 15.1. The summed E-state index contributed by atoms with van der Waals surface area (Å²) >= 11 is 0. The molecule has 2 heterocycles. The number of sulfone groups is 2. The van der Waals surface area contributed by atoms with Gasteiger partial charge in [0.15, 0.2) is 9.84 Å². The van der Waals surface area contributed by atoms with Crippen LogP contribution in [0.2, 0.25) is 0 Å². The van der Waals surface area contributed by atoms with Crippen LogP contribution in [0.1, 0.15) is 54.9 Å². The quantitative estimate of drug-likeness (QED) is 0.232. The second-order valence-corrected chi connectivity index (χ2v) is 17.2. The van der Waals surface area contributed by atoms with E-state index in [0.717, 1.165) is 30.3 Å². The van der Waals surface area contributed by atoms with Crippen molar-refractivity contribution in [3.05, 3.63) is 94.6 Å². The van der Waals surface area contributed by atoms with Crippen LogP contribution in [0.15, 0.2) is 65.6 Å². The first kappa shape index (κ1) is 33.4. The zero-order valence-corrected chi connectivity index (χ0v) is 27.0. The Labute approximate surface area is 269 Å². The van der Waals surface area contributed by atoms with Crippen LogP contribution in [-0.4, -0.2) is 51.7 Å². The van der Waals surface area contributed by atoms with Gasteiger partial charge in [-0.1, -0.05) is 19.1 Å². The summed E-state index contributed by atoms with van der Waals surface area (Å²) < 4.78 is 126. The van der Waals surface area contributed by atoms with E-state index in [4.69, 9.17) is 4.74 Å². The van der Waals surface area contributed by atoms with Crippen molar-refractivity contribution in [3.63, 3.8) is 0 Å². The third kappa shape index (κ3) is 5.70. The zero-order valence-electron chi connectivity index (χ0n) is 25.3. The van der Waals surface area contributed by atoms with Crippen molar-refractivity contribution in [3.8, 4) is 5.75 Å². The number of carbonyl (C=O) groups excluding carboxylic acids is 1. The number of hydrogen-bond acceptors (Lipinski definition) is 6. The van der Waals surface area contributed by atoms with Gasteiger partial charge < -0.3 is 9.64 Å². The fourth-order valence-corrected chi connectivity index (χ4v) is 11.4. The lowest BCUT2D eigenvalue weighted by Gasteiger charge is -2.45. The molecule has 6 rings (SSSR count). The lowest BCUT2D eigenvalue weighted by Crippen LogP contribution is -2.55. The maximum atomic E-state index is 14.6. The van der Waals surface area contributed by atoms with Crippen LogP contribution >= 0.6 is 0 Å². The van der Waals surface area contributed by atoms with Gasteiger partial charge in [-0.05, 0) is 91.8 Å². The zero-order chi connectivity index (χ0) is 34.0. The van der Waals surface area contributed by atoms with Gasteiger partial charge in [0.1, 0.15) is 38.6 Å². The molecular formula is C33H32F5NO6S2. The standard InChI is InChI=1S/C33H32F5NO6S2/c1-31(14-17-46(41,42)18-15-31)30(40)39-16-13-32(47(43,44)24-9-6-22(34)7-10-24)26-11-8-23(19-21(26)5-12-29(32)39)45-20-25-27(33(36,37)38)3-2-4-28(25)35/h2-4,6-11,19,29H,5,12-18,20H2,1H3/t29-,32-/m1/s1. The minimum absolute atomic E-state index is 0.00880. The summed E-state index contributed by atoms with van der Waals surface area (Å²) in [7, 11) is -7.57. The van der Waals surface area contributed by atoms with E-state index >= 15 is 0 Å². The van der Waals surface area contributed by atoms with Crippen LogP contribution < -0.4 is 4.74 Å². The third-order valence-corrected chi connectivity index (χ3v) is 14.2. The predicted octanol–water partition coefficient (Wildman–Crippen LogP) is 5.99. The van der Waals surface area contributed by atoms with Gasteiger partial charge in [-0.2, -0.15) is 13.2 Å². The Morgan fingerprint density at radius 1 is 1.00 bits per heavy atom. The maximum absolute atomic E-state index is 14.6. The van der Waals surface area contributed by atoms with Gasteiger partial charge in [-0.3, -0.25) is 4.79 Å². The molecular weight excluding hydrogens is 665 g/mol. The van der Waals surface area contributed by atoms with Crippen LogP contribution in [0.4, 0.5) is 22.0 Å². The molecule has 3 aromatic carbocycles. The number of hydrogen-bond donors (Lipinski definition) is 0. The van der Waals surface area contributed by atoms with Crippen molar-refractivity contribution in [2.45, 2.75) is 67.5 Å². The number of halogens is 5. The number of likely N-dealkylation sites (tertiary alicyclic amines) is 1. The van der Waals surface area contributed by atoms with Crippen molar-refractivity contribution in [1.82, 2.24) is 4.90 Å². The minimum atomic E-state index is -4.80. The number of alkyl halides is 3. The molecule has 7 nitrogen and oxygen atoms in total. The highest BCUT2D eigenvalue weighted by Crippen LogP contribution is 2.54. The van der Waals surface area contributed by atoms with Crippen LogP contribution in [0.3, 0.4) is 0 Å². The number of rotatable bonds is 6. The summed E-state index contributed by atoms with van der Waals surface area (Å²) in [5, 5.41) is 0. The molecule has 2 saturated heterocycles. The summed E-state index contributed by atoms with van der Waals surface area (Å²) in [5.74, 6) is -2.20. The Morgan fingerprint density at radius 2 is 1.68 bits per heavy atom. The number of ether oxygens (including phenoxy) is 1. The van der Waals surface area contributed by atoms with Gasteiger partial charge in [0.25, 0.3) is 0 Å². The lowest BCUT2D eigenvalue weighted by molar-refractivity contribution is -0.143. The summed E-state index contributed by atoms with van der Waals surface area (Å²) in [5.41, 5.74) is -1.90. The van der Waals surface area contributed by atoms with E-state index in [1.54, 1.807) is 11.8 Å². The Kier molecular flexibility index (Phi) is 8.22. The van der Waals surface area contributed by atoms with Gasteiger partial charge in [0.05, 0.1) is 28.0 Å². The Balaban J connectivity index is 1.38. The Hall–Kier alpha value is -3.52. The van der Waals surface area contributed by atoms with Gasteiger partial charge in [0, 0.05) is 17.5 Å². The highest BCUT2D eigenvalue weighted by atomic mass is 32.2. The molecule has 0 N–H and O–H groups in total. The Morgan fingerprint density at radius 3 is 2.34 bits per heavy atom.